The van der Waals surface area contributed by atoms with E-state index in [0.717, 1.165) is 12.1 Å². The number of hydrogen-bond donors (Lipinski definition) is 1. The molecule has 0 aliphatic rings. The molecule has 0 fully saturated rings. The molecule has 0 bridgehead atoms. The van der Waals surface area contributed by atoms with E-state index in [-0.39, 0.29) is 28.2 Å². The molecule has 126 valence electrons. The Balaban J connectivity index is 2.19. The second kappa shape index (κ2) is 6.88. The first kappa shape index (κ1) is 16.9. The zero-order valence-electron chi connectivity index (χ0n) is 13.3. The van der Waals surface area contributed by atoms with Crippen molar-refractivity contribution in [3.8, 4) is 17.8 Å². The Bertz CT molecular complexity index is 1090. The van der Waals surface area contributed by atoms with Crippen LogP contribution in [0.5, 0.6) is 0 Å². The molecule has 0 saturated heterocycles. The number of anilines is 1. The minimum Gasteiger partial charge on any atom is -0.382 e. The lowest BCUT2D eigenvalue weighted by Crippen LogP contribution is -2.02. The first-order valence-corrected chi connectivity index (χ1v) is 7.47. The molecule has 3 rings (SSSR count). The van der Waals surface area contributed by atoms with Gasteiger partial charge in [-0.15, -0.1) is 0 Å². The molecule has 0 radical (unpaired) electrons. The van der Waals surface area contributed by atoms with Crippen molar-refractivity contribution in [3.05, 3.63) is 77.0 Å². The summed E-state index contributed by atoms with van der Waals surface area (Å²) in [5.74, 6) is -2.07. The summed E-state index contributed by atoms with van der Waals surface area (Å²) in [6.45, 7) is 0. The Morgan fingerprint density at radius 3 is 2.46 bits per heavy atom. The highest BCUT2D eigenvalue weighted by Crippen LogP contribution is 2.27. The van der Waals surface area contributed by atoms with Gasteiger partial charge in [0, 0.05) is 5.56 Å². The number of allylic oxidation sites excluding steroid dienone is 1. The molecular weight excluding hydrogens is 336 g/mol. The summed E-state index contributed by atoms with van der Waals surface area (Å²) in [5, 5.41) is 23.1. The number of aromatic nitrogens is 2. The predicted molar refractivity (Wildman–Crippen MR) is 92.5 cm³/mol. The van der Waals surface area contributed by atoms with Crippen LogP contribution in [0.3, 0.4) is 0 Å². The molecule has 0 saturated carbocycles. The third-order valence-electron chi connectivity index (χ3n) is 3.69. The van der Waals surface area contributed by atoms with Crippen LogP contribution >= 0.6 is 0 Å². The van der Waals surface area contributed by atoms with E-state index in [4.69, 9.17) is 5.73 Å². The lowest BCUT2D eigenvalue weighted by atomic mass is 10.1. The number of nitrogens with zero attached hydrogens (tertiary/aromatic N) is 4. The first-order valence-electron chi connectivity index (χ1n) is 7.47. The third kappa shape index (κ3) is 2.90. The molecule has 2 N–H and O–H groups in total. The van der Waals surface area contributed by atoms with Crippen molar-refractivity contribution in [1.29, 1.82) is 10.5 Å². The van der Waals surface area contributed by atoms with Gasteiger partial charge in [0.1, 0.15) is 29.2 Å². The predicted octanol–water partition coefficient (Wildman–Crippen LogP) is 3.67. The maximum absolute atomic E-state index is 13.9. The summed E-state index contributed by atoms with van der Waals surface area (Å²) in [6, 6.07) is 16.2. The molecule has 7 heteroatoms. The smallest absolute Gasteiger partial charge is 0.166 e. The van der Waals surface area contributed by atoms with Crippen molar-refractivity contribution in [3.63, 3.8) is 0 Å². The topological polar surface area (TPSA) is 91.4 Å². The number of nitrogen functional groups attached to an aromatic ring is 1. The molecule has 3 aromatic rings. The molecule has 1 heterocycles. The van der Waals surface area contributed by atoms with Gasteiger partial charge in [0.25, 0.3) is 0 Å². The number of hydrogen-bond acceptors (Lipinski definition) is 4. The van der Waals surface area contributed by atoms with Crippen LogP contribution in [0.25, 0.3) is 17.3 Å². The fourth-order valence-corrected chi connectivity index (χ4v) is 2.44. The van der Waals surface area contributed by atoms with E-state index in [9.17, 15) is 19.3 Å². The molecular formula is C19H11F2N5. The van der Waals surface area contributed by atoms with Crippen molar-refractivity contribution >= 4 is 17.5 Å². The van der Waals surface area contributed by atoms with Gasteiger partial charge in [-0.2, -0.15) is 15.6 Å². The van der Waals surface area contributed by atoms with Gasteiger partial charge in [-0.25, -0.2) is 13.5 Å². The van der Waals surface area contributed by atoms with Gasteiger partial charge >= 0.3 is 0 Å². The fraction of sp³-hybridized carbons (Fsp3) is 0. The van der Waals surface area contributed by atoms with Gasteiger partial charge in [-0.3, -0.25) is 0 Å². The molecule has 0 spiro atoms. The largest absolute Gasteiger partial charge is 0.382 e. The average Bonchev–Trinajstić information content (AvgIpc) is 3.00. The summed E-state index contributed by atoms with van der Waals surface area (Å²) in [6.07, 6.45) is 1.14. The zero-order valence-corrected chi connectivity index (χ0v) is 13.3. The van der Waals surface area contributed by atoms with Crippen LogP contribution in [-0.2, 0) is 0 Å². The highest BCUT2D eigenvalue weighted by Gasteiger charge is 2.20. The SMILES string of the molecule is N#C/C(=C\c1cccc(F)c1F)c1nn(-c2ccccc2)c(N)c1C#N. The monoisotopic (exact) mass is 347 g/mol. The van der Waals surface area contributed by atoms with Gasteiger partial charge in [-0.1, -0.05) is 30.3 Å². The number of nitrogens with two attached hydrogens (primary N) is 1. The quantitative estimate of drug-likeness (QED) is 0.732. The highest BCUT2D eigenvalue weighted by atomic mass is 19.2. The van der Waals surface area contributed by atoms with Crippen LogP contribution in [0.2, 0.25) is 0 Å². The van der Waals surface area contributed by atoms with Gasteiger partial charge in [0.05, 0.1) is 11.3 Å². The summed E-state index contributed by atoms with van der Waals surface area (Å²) in [5.41, 5.74) is 6.35. The molecule has 5 nitrogen and oxygen atoms in total. The minimum atomic E-state index is -1.09. The number of nitriles is 2. The van der Waals surface area contributed by atoms with Gasteiger partial charge in [-0.05, 0) is 24.3 Å². The number of rotatable bonds is 3. The third-order valence-corrected chi connectivity index (χ3v) is 3.69. The van der Waals surface area contributed by atoms with E-state index in [1.165, 1.54) is 16.8 Å². The molecule has 0 aliphatic carbocycles. The van der Waals surface area contributed by atoms with E-state index >= 15 is 0 Å². The maximum atomic E-state index is 13.9. The van der Waals surface area contributed by atoms with E-state index in [1.54, 1.807) is 24.3 Å². The van der Waals surface area contributed by atoms with E-state index in [1.807, 2.05) is 18.2 Å². The average molecular weight is 347 g/mol. The summed E-state index contributed by atoms with van der Waals surface area (Å²) >= 11 is 0. The Hall–Kier alpha value is -3.97. The summed E-state index contributed by atoms with van der Waals surface area (Å²) in [7, 11) is 0. The number of para-hydroxylation sites is 1. The normalized spacial score (nSPS) is 11.0. The molecule has 26 heavy (non-hydrogen) atoms. The van der Waals surface area contributed by atoms with Crippen LogP contribution in [0.4, 0.5) is 14.6 Å². The van der Waals surface area contributed by atoms with Crippen LogP contribution in [0.15, 0.2) is 48.5 Å². The molecule has 0 amide bonds. The number of halogens is 2. The van der Waals surface area contributed by atoms with Crippen LogP contribution in [0.1, 0.15) is 16.8 Å². The Labute approximate surface area is 147 Å². The molecule has 2 aromatic carbocycles. The van der Waals surface area contributed by atoms with Crippen LogP contribution in [0, 0.1) is 34.3 Å². The van der Waals surface area contributed by atoms with Crippen molar-refractivity contribution in [1.82, 2.24) is 9.78 Å². The lowest BCUT2D eigenvalue weighted by Gasteiger charge is -2.02. The first-order chi connectivity index (χ1) is 12.6. The lowest BCUT2D eigenvalue weighted by molar-refractivity contribution is 0.507. The van der Waals surface area contributed by atoms with E-state index in [2.05, 4.69) is 5.10 Å². The molecule has 0 atom stereocenters. The van der Waals surface area contributed by atoms with Crippen LogP contribution < -0.4 is 5.73 Å². The maximum Gasteiger partial charge on any atom is 0.166 e. The molecule has 0 aliphatic heterocycles. The molecule has 1 aromatic heterocycles. The van der Waals surface area contributed by atoms with Crippen molar-refractivity contribution in [2.75, 3.05) is 5.73 Å². The molecule has 0 unspecified atom stereocenters. The second-order valence-electron chi connectivity index (χ2n) is 5.28. The highest BCUT2D eigenvalue weighted by molar-refractivity contribution is 5.91. The van der Waals surface area contributed by atoms with Crippen molar-refractivity contribution < 1.29 is 8.78 Å². The van der Waals surface area contributed by atoms with E-state index < -0.39 is 11.6 Å². The summed E-state index contributed by atoms with van der Waals surface area (Å²) in [4.78, 5) is 0. The Morgan fingerprint density at radius 2 is 1.81 bits per heavy atom. The van der Waals surface area contributed by atoms with Crippen molar-refractivity contribution in [2.24, 2.45) is 0 Å². The summed E-state index contributed by atoms with van der Waals surface area (Å²) < 4.78 is 28.6. The van der Waals surface area contributed by atoms with E-state index in [0.29, 0.717) is 5.69 Å². The zero-order chi connectivity index (χ0) is 18.7. The Morgan fingerprint density at radius 1 is 1.08 bits per heavy atom. The van der Waals surface area contributed by atoms with Gasteiger partial charge in [0.2, 0.25) is 0 Å². The standard InChI is InChI=1S/C19H11F2N5/c20-16-8-4-5-12(17(16)21)9-13(10-22)18-15(11-23)19(24)26(25-18)14-6-2-1-3-7-14/h1-9H,24H2/b13-9+. The Kier molecular flexibility index (Phi) is 4.46. The van der Waals surface area contributed by atoms with Crippen LogP contribution in [-0.4, -0.2) is 9.78 Å². The second-order valence-corrected chi connectivity index (χ2v) is 5.28. The number of benzene rings is 2. The fourth-order valence-electron chi connectivity index (χ4n) is 2.44. The minimum absolute atomic E-state index is 0.0000132. The van der Waals surface area contributed by atoms with Gasteiger partial charge < -0.3 is 5.73 Å². The van der Waals surface area contributed by atoms with Gasteiger partial charge in [0.15, 0.2) is 11.6 Å². The van der Waals surface area contributed by atoms with Crippen molar-refractivity contribution in [2.45, 2.75) is 0 Å².